The summed E-state index contributed by atoms with van der Waals surface area (Å²) in [6.45, 7) is 0.587. The zero-order chi connectivity index (χ0) is 6.97. The number of urea groups is 1. The number of carbonyl (C=O) groups is 1. The number of fused-ring (bicyclic) bond motifs is 1. The first kappa shape index (κ1) is 5.45. The van der Waals surface area contributed by atoms with Crippen molar-refractivity contribution >= 4 is 6.03 Å². The van der Waals surface area contributed by atoms with Crippen LogP contribution in [0.25, 0.3) is 0 Å². The summed E-state index contributed by atoms with van der Waals surface area (Å²) in [7, 11) is 0. The van der Waals surface area contributed by atoms with Crippen LogP contribution in [0, 0.1) is 0 Å². The van der Waals surface area contributed by atoms with Gasteiger partial charge in [0.15, 0.2) is 6.17 Å². The van der Waals surface area contributed by atoms with Gasteiger partial charge in [0, 0.05) is 6.54 Å². The molecule has 2 unspecified atom stereocenters. The van der Waals surface area contributed by atoms with Gasteiger partial charge in [0.2, 0.25) is 0 Å². The van der Waals surface area contributed by atoms with Gasteiger partial charge in [0.1, 0.15) is 6.04 Å². The van der Waals surface area contributed by atoms with Crippen molar-refractivity contribution in [2.24, 2.45) is 10.3 Å². The van der Waals surface area contributed by atoms with Crippen LogP contribution in [0.2, 0.25) is 0 Å². The van der Waals surface area contributed by atoms with Crippen LogP contribution in [0.3, 0.4) is 0 Å². The Morgan fingerprint density at radius 3 is 3.40 bits per heavy atom. The highest BCUT2D eigenvalue weighted by atomic mass is 16.2. The molecule has 0 aromatic rings. The number of carbonyl (C=O) groups excluding carboxylic acids is 1. The van der Waals surface area contributed by atoms with Crippen LogP contribution in [0.15, 0.2) is 10.3 Å². The lowest BCUT2D eigenvalue weighted by molar-refractivity contribution is 0.225. The van der Waals surface area contributed by atoms with E-state index < -0.39 is 0 Å². The van der Waals surface area contributed by atoms with E-state index in [1.54, 1.807) is 0 Å². The Kier molecular flexibility index (Phi) is 0.996. The predicted octanol–water partition coefficient (Wildman–Crippen LogP) is -1.04. The zero-order valence-electron chi connectivity index (χ0n) is 5.16. The number of nitrogens with one attached hydrogen (secondary N) is 3. The van der Waals surface area contributed by atoms with Crippen molar-refractivity contribution in [3.63, 3.8) is 0 Å². The molecule has 10 heavy (non-hydrogen) atoms. The summed E-state index contributed by atoms with van der Waals surface area (Å²) in [5, 5.41) is 12.6. The van der Waals surface area contributed by atoms with E-state index >= 15 is 0 Å². The third-order valence-corrected chi connectivity index (χ3v) is 1.55. The fourth-order valence-electron chi connectivity index (χ4n) is 0.996. The van der Waals surface area contributed by atoms with Crippen LogP contribution in [0.1, 0.15) is 0 Å². The molecule has 54 valence electrons. The Hall–Kier alpha value is -1.33. The summed E-state index contributed by atoms with van der Waals surface area (Å²) in [5.74, 6) is 0. The molecule has 2 aliphatic heterocycles. The molecule has 0 spiro atoms. The van der Waals surface area contributed by atoms with E-state index in [1.165, 1.54) is 0 Å². The largest absolute Gasteiger partial charge is 0.336 e. The first-order chi connectivity index (χ1) is 4.86. The molecule has 3 N–H and O–H groups in total. The molecule has 0 radical (unpaired) electrons. The van der Waals surface area contributed by atoms with Crippen molar-refractivity contribution in [1.82, 2.24) is 16.1 Å². The van der Waals surface area contributed by atoms with Gasteiger partial charge in [0.25, 0.3) is 0 Å². The predicted molar refractivity (Wildman–Crippen MR) is 32.1 cm³/mol. The Morgan fingerprint density at radius 1 is 1.60 bits per heavy atom. The van der Waals surface area contributed by atoms with E-state index in [9.17, 15) is 4.79 Å². The zero-order valence-corrected chi connectivity index (χ0v) is 5.16. The molecule has 0 aromatic carbocycles. The SMILES string of the molecule is O=C1NCC2NN=NC2N1. The van der Waals surface area contributed by atoms with Crippen molar-refractivity contribution in [1.29, 1.82) is 0 Å². The number of rotatable bonds is 0. The Morgan fingerprint density at radius 2 is 2.50 bits per heavy atom. The first-order valence-electron chi connectivity index (χ1n) is 3.06. The highest BCUT2D eigenvalue weighted by Gasteiger charge is 2.31. The number of hydrogen-bond donors (Lipinski definition) is 3. The summed E-state index contributed by atoms with van der Waals surface area (Å²) in [6.07, 6.45) is -0.172. The second-order valence-electron chi connectivity index (χ2n) is 2.25. The fourth-order valence-corrected chi connectivity index (χ4v) is 0.996. The molecule has 0 bridgehead atoms. The maximum Gasteiger partial charge on any atom is 0.316 e. The third-order valence-electron chi connectivity index (χ3n) is 1.55. The minimum Gasteiger partial charge on any atom is -0.336 e. The molecule has 0 aromatic heterocycles. The molecule has 6 heteroatoms. The van der Waals surface area contributed by atoms with E-state index in [-0.39, 0.29) is 18.2 Å². The molecular formula is C4H7N5O. The van der Waals surface area contributed by atoms with Gasteiger partial charge in [-0.2, -0.15) is 0 Å². The molecule has 0 saturated carbocycles. The van der Waals surface area contributed by atoms with Crippen LogP contribution in [-0.2, 0) is 0 Å². The number of nitrogens with zero attached hydrogens (tertiary/aromatic N) is 2. The summed E-state index contributed by atoms with van der Waals surface area (Å²) < 4.78 is 0. The molecule has 1 fully saturated rings. The van der Waals surface area contributed by atoms with Crippen molar-refractivity contribution in [2.75, 3.05) is 6.54 Å². The Labute approximate surface area is 57.1 Å². The van der Waals surface area contributed by atoms with Gasteiger partial charge in [-0.25, -0.2) is 4.79 Å². The van der Waals surface area contributed by atoms with Crippen LogP contribution >= 0.6 is 0 Å². The molecule has 0 aliphatic carbocycles. The van der Waals surface area contributed by atoms with Gasteiger partial charge in [-0.3, -0.25) is 5.43 Å². The minimum absolute atomic E-state index is 0.123. The quantitative estimate of drug-likeness (QED) is 0.403. The topological polar surface area (TPSA) is 77.9 Å². The summed E-state index contributed by atoms with van der Waals surface area (Å²) in [4.78, 5) is 10.7. The van der Waals surface area contributed by atoms with Crippen LogP contribution in [-0.4, -0.2) is 24.8 Å². The molecule has 2 atom stereocenters. The summed E-state index contributed by atoms with van der Waals surface area (Å²) >= 11 is 0. The summed E-state index contributed by atoms with van der Waals surface area (Å²) in [6, 6.07) is -0.0541. The van der Waals surface area contributed by atoms with E-state index in [0.717, 1.165) is 0 Å². The monoisotopic (exact) mass is 141 g/mol. The second kappa shape index (κ2) is 1.83. The van der Waals surface area contributed by atoms with Crippen molar-refractivity contribution in [3.8, 4) is 0 Å². The second-order valence-corrected chi connectivity index (χ2v) is 2.25. The lowest BCUT2D eigenvalue weighted by atomic mass is 10.2. The van der Waals surface area contributed by atoms with Crippen molar-refractivity contribution < 1.29 is 4.79 Å². The molecule has 2 heterocycles. The minimum atomic E-state index is -0.177. The highest BCUT2D eigenvalue weighted by molar-refractivity contribution is 5.75. The molecule has 2 amide bonds. The Balaban J connectivity index is 2.08. The average molecular weight is 141 g/mol. The maximum absolute atomic E-state index is 10.7. The van der Waals surface area contributed by atoms with Crippen LogP contribution in [0.4, 0.5) is 4.79 Å². The van der Waals surface area contributed by atoms with Gasteiger partial charge < -0.3 is 10.6 Å². The molecular weight excluding hydrogens is 134 g/mol. The van der Waals surface area contributed by atoms with E-state index in [4.69, 9.17) is 0 Å². The number of amides is 2. The molecule has 6 nitrogen and oxygen atoms in total. The maximum atomic E-state index is 10.7. The van der Waals surface area contributed by atoms with Crippen molar-refractivity contribution in [3.05, 3.63) is 0 Å². The van der Waals surface area contributed by atoms with Crippen LogP contribution < -0.4 is 16.1 Å². The third kappa shape index (κ3) is 0.687. The van der Waals surface area contributed by atoms with E-state index in [0.29, 0.717) is 6.54 Å². The average Bonchev–Trinajstić information content (AvgIpc) is 2.33. The highest BCUT2D eigenvalue weighted by Crippen LogP contribution is 2.05. The van der Waals surface area contributed by atoms with Gasteiger partial charge in [-0.1, -0.05) is 5.22 Å². The standard InChI is InChI=1S/C4H7N5O/c10-4-5-1-2-3(6-4)8-9-7-2/h2-3H,1H2,(H,7,8)(H2,5,6,10). The summed E-state index contributed by atoms with van der Waals surface area (Å²) in [5.41, 5.74) is 2.76. The van der Waals surface area contributed by atoms with Gasteiger partial charge in [-0.15, -0.1) is 5.11 Å². The van der Waals surface area contributed by atoms with E-state index in [1.807, 2.05) is 0 Å². The number of hydrogen-bond acceptors (Lipinski definition) is 4. The Bertz CT molecular complexity index is 190. The molecule has 2 rings (SSSR count). The molecule has 1 saturated heterocycles. The van der Waals surface area contributed by atoms with Crippen molar-refractivity contribution in [2.45, 2.75) is 12.2 Å². The van der Waals surface area contributed by atoms with Crippen LogP contribution in [0.5, 0.6) is 0 Å². The van der Waals surface area contributed by atoms with Gasteiger partial charge >= 0.3 is 6.03 Å². The molecule has 2 aliphatic rings. The lowest BCUT2D eigenvalue weighted by Gasteiger charge is -2.23. The van der Waals surface area contributed by atoms with Gasteiger partial charge in [-0.05, 0) is 0 Å². The van der Waals surface area contributed by atoms with Gasteiger partial charge in [0.05, 0.1) is 0 Å². The fraction of sp³-hybridized carbons (Fsp3) is 0.750. The lowest BCUT2D eigenvalue weighted by Crippen LogP contribution is -2.58. The normalized spacial score (nSPS) is 35.8. The van der Waals surface area contributed by atoms with E-state index in [2.05, 4.69) is 26.4 Å². The first-order valence-corrected chi connectivity index (χ1v) is 3.06. The smallest absolute Gasteiger partial charge is 0.316 e.